The second-order valence-corrected chi connectivity index (χ2v) is 3.42. The van der Waals surface area contributed by atoms with Gasteiger partial charge >= 0.3 is 5.97 Å². The third kappa shape index (κ3) is 2.16. The molecule has 0 bridgehead atoms. The van der Waals surface area contributed by atoms with Gasteiger partial charge in [-0.1, -0.05) is 6.07 Å². The highest BCUT2D eigenvalue weighted by Crippen LogP contribution is 2.19. The number of nitrogens with zero attached hydrogens (tertiary/aromatic N) is 2. The number of carbonyl (C=O) groups is 1. The Morgan fingerprint density at radius 1 is 1.47 bits per heavy atom. The van der Waals surface area contributed by atoms with Crippen molar-refractivity contribution in [2.75, 3.05) is 0 Å². The van der Waals surface area contributed by atoms with Crippen molar-refractivity contribution in [2.45, 2.75) is 6.10 Å². The number of aromatic nitrogens is 2. The standard InChI is InChI=1S/C11H9FN2O3/c12-8-5-7(10(15)11(16)17)1-2-9(8)14-4-3-13-6-14/h1-6,10,15H,(H,16,17). The average Bonchev–Trinajstić information content (AvgIpc) is 2.81. The maximum absolute atomic E-state index is 13.7. The van der Waals surface area contributed by atoms with Gasteiger partial charge in [0.05, 0.1) is 12.0 Å². The maximum atomic E-state index is 13.7. The van der Waals surface area contributed by atoms with Crippen LogP contribution in [0.3, 0.4) is 0 Å². The number of hydrogen-bond acceptors (Lipinski definition) is 3. The molecule has 0 amide bonds. The zero-order chi connectivity index (χ0) is 12.4. The van der Waals surface area contributed by atoms with E-state index in [0.717, 1.165) is 6.07 Å². The minimum Gasteiger partial charge on any atom is -0.479 e. The highest BCUT2D eigenvalue weighted by molar-refractivity contribution is 5.74. The van der Waals surface area contributed by atoms with Crippen molar-refractivity contribution in [3.8, 4) is 5.69 Å². The van der Waals surface area contributed by atoms with Crippen LogP contribution in [0, 0.1) is 5.82 Å². The Hall–Kier alpha value is -2.21. The van der Waals surface area contributed by atoms with Crippen molar-refractivity contribution in [3.63, 3.8) is 0 Å². The highest BCUT2D eigenvalue weighted by Gasteiger charge is 2.17. The summed E-state index contributed by atoms with van der Waals surface area (Å²) >= 11 is 0. The number of rotatable bonds is 3. The predicted octanol–water partition coefficient (Wildman–Crippen LogP) is 1.13. The Morgan fingerprint density at radius 3 is 2.76 bits per heavy atom. The molecule has 1 aromatic heterocycles. The summed E-state index contributed by atoms with van der Waals surface area (Å²) in [5, 5.41) is 17.9. The molecule has 0 radical (unpaired) electrons. The summed E-state index contributed by atoms with van der Waals surface area (Å²) in [5.41, 5.74) is 0.239. The summed E-state index contributed by atoms with van der Waals surface area (Å²) in [5.74, 6) is -2.04. The third-order valence-corrected chi connectivity index (χ3v) is 2.30. The van der Waals surface area contributed by atoms with Crippen LogP contribution in [0.1, 0.15) is 11.7 Å². The molecule has 2 rings (SSSR count). The van der Waals surface area contributed by atoms with Crippen molar-refractivity contribution in [1.82, 2.24) is 9.55 Å². The van der Waals surface area contributed by atoms with Crippen LogP contribution in [0.25, 0.3) is 5.69 Å². The van der Waals surface area contributed by atoms with Crippen LogP contribution in [0.5, 0.6) is 0 Å². The normalized spacial score (nSPS) is 12.4. The summed E-state index contributed by atoms with van der Waals surface area (Å²) in [4.78, 5) is 14.3. The number of benzene rings is 1. The van der Waals surface area contributed by atoms with E-state index >= 15 is 0 Å². The van der Waals surface area contributed by atoms with E-state index in [1.807, 2.05) is 0 Å². The lowest BCUT2D eigenvalue weighted by molar-refractivity contribution is -0.146. The third-order valence-electron chi connectivity index (χ3n) is 2.30. The first kappa shape index (κ1) is 11.3. The molecule has 0 aliphatic rings. The first-order valence-electron chi connectivity index (χ1n) is 4.78. The molecule has 88 valence electrons. The molecule has 0 fully saturated rings. The number of hydrogen-bond donors (Lipinski definition) is 2. The van der Waals surface area contributed by atoms with Crippen LogP contribution in [0.4, 0.5) is 4.39 Å². The van der Waals surface area contributed by atoms with Crippen molar-refractivity contribution >= 4 is 5.97 Å². The number of carboxylic acid groups (broad SMARTS) is 1. The number of imidazole rings is 1. The van der Waals surface area contributed by atoms with E-state index in [4.69, 9.17) is 5.11 Å². The van der Waals surface area contributed by atoms with Gasteiger partial charge in [-0.3, -0.25) is 0 Å². The van der Waals surface area contributed by atoms with Gasteiger partial charge in [-0.15, -0.1) is 0 Å². The van der Waals surface area contributed by atoms with Crippen LogP contribution in [0.15, 0.2) is 36.9 Å². The van der Waals surface area contributed by atoms with Gasteiger partial charge in [0.25, 0.3) is 0 Å². The Morgan fingerprint density at radius 2 is 2.24 bits per heavy atom. The van der Waals surface area contributed by atoms with Crippen LogP contribution in [-0.2, 0) is 4.79 Å². The molecule has 0 saturated heterocycles. The second-order valence-electron chi connectivity index (χ2n) is 3.42. The molecule has 1 unspecified atom stereocenters. The summed E-state index contributed by atoms with van der Waals surface area (Å²) in [7, 11) is 0. The smallest absolute Gasteiger partial charge is 0.337 e. The molecule has 0 spiro atoms. The molecule has 6 heteroatoms. The molecule has 2 N–H and O–H groups in total. The molecule has 1 heterocycles. The molecule has 0 saturated carbocycles. The number of carboxylic acids is 1. The molecule has 0 aliphatic heterocycles. The lowest BCUT2D eigenvalue weighted by Crippen LogP contribution is -2.11. The highest BCUT2D eigenvalue weighted by atomic mass is 19.1. The summed E-state index contributed by atoms with van der Waals surface area (Å²) < 4.78 is 15.1. The van der Waals surface area contributed by atoms with E-state index < -0.39 is 17.9 Å². The predicted molar refractivity (Wildman–Crippen MR) is 56.1 cm³/mol. The van der Waals surface area contributed by atoms with Crippen LogP contribution >= 0.6 is 0 Å². The average molecular weight is 236 g/mol. The van der Waals surface area contributed by atoms with E-state index in [1.54, 1.807) is 6.20 Å². The van der Waals surface area contributed by atoms with E-state index in [-0.39, 0.29) is 11.3 Å². The van der Waals surface area contributed by atoms with Crippen LogP contribution < -0.4 is 0 Å². The van der Waals surface area contributed by atoms with Gasteiger partial charge in [0.2, 0.25) is 0 Å². The lowest BCUT2D eigenvalue weighted by atomic mass is 10.1. The van der Waals surface area contributed by atoms with Gasteiger partial charge in [-0.05, 0) is 17.7 Å². The number of aliphatic hydroxyl groups excluding tert-OH is 1. The Balaban J connectivity index is 2.39. The zero-order valence-corrected chi connectivity index (χ0v) is 8.62. The van der Waals surface area contributed by atoms with Crippen molar-refractivity contribution in [1.29, 1.82) is 0 Å². The van der Waals surface area contributed by atoms with E-state index in [9.17, 15) is 14.3 Å². The minimum atomic E-state index is -1.72. The molecule has 17 heavy (non-hydrogen) atoms. The molecular formula is C11H9FN2O3. The Bertz CT molecular complexity index is 540. The molecule has 1 aromatic carbocycles. The fourth-order valence-electron chi connectivity index (χ4n) is 1.45. The SMILES string of the molecule is O=C(O)C(O)c1ccc(-n2ccnc2)c(F)c1. The fourth-order valence-corrected chi connectivity index (χ4v) is 1.45. The van der Waals surface area contributed by atoms with Crippen LogP contribution in [0.2, 0.25) is 0 Å². The Labute approximate surface area is 95.8 Å². The minimum absolute atomic E-state index is 0.00105. The molecule has 2 aromatic rings. The number of aliphatic carboxylic acids is 1. The van der Waals surface area contributed by atoms with Crippen molar-refractivity contribution < 1.29 is 19.4 Å². The van der Waals surface area contributed by atoms with E-state index in [1.165, 1.54) is 29.2 Å². The van der Waals surface area contributed by atoms with Gasteiger partial charge < -0.3 is 14.8 Å². The van der Waals surface area contributed by atoms with Gasteiger partial charge in [0.1, 0.15) is 5.82 Å². The number of aliphatic hydroxyl groups is 1. The number of halogens is 1. The quantitative estimate of drug-likeness (QED) is 0.837. The Kier molecular flexibility index (Phi) is 2.88. The fraction of sp³-hybridized carbons (Fsp3) is 0.0909. The summed E-state index contributed by atoms with van der Waals surface area (Å²) in [6.45, 7) is 0. The van der Waals surface area contributed by atoms with Gasteiger partial charge in [0, 0.05) is 12.4 Å². The summed E-state index contributed by atoms with van der Waals surface area (Å²) in [6, 6.07) is 3.74. The molecule has 0 aliphatic carbocycles. The van der Waals surface area contributed by atoms with E-state index in [0.29, 0.717) is 0 Å². The monoisotopic (exact) mass is 236 g/mol. The first-order chi connectivity index (χ1) is 8.09. The topological polar surface area (TPSA) is 75.3 Å². The largest absolute Gasteiger partial charge is 0.479 e. The summed E-state index contributed by atoms with van der Waals surface area (Å²) in [6.07, 6.45) is 2.76. The van der Waals surface area contributed by atoms with Crippen molar-refractivity contribution in [2.24, 2.45) is 0 Å². The van der Waals surface area contributed by atoms with E-state index in [2.05, 4.69) is 4.98 Å². The zero-order valence-electron chi connectivity index (χ0n) is 8.62. The second kappa shape index (κ2) is 4.34. The molecule has 1 atom stereocenters. The van der Waals surface area contributed by atoms with Crippen molar-refractivity contribution in [3.05, 3.63) is 48.3 Å². The van der Waals surface area contributed by atoms with Gasteiger partial charge in [0.15, 0.2) is 6.10 Å². The molecule has 5 nitrogen and oxygen atoms in total. The maximum Gasteiger partial charge on any atom is 0.337 e. The van der Waals surface area contributed by atoms with Gasteiger partial charge in [-0.2, -0.15) is 0 Å². The van der Waals surface area contributed by atoms with Gasteiger partial charge in [-0.25, -0.2) is 14.2 Å². The lowest BCUT2D eigenvalue weighted by Gasteiger charge is -2.09. The molecular weight excluding hydrogens is 227 g/mol. The van der Waals surface area contributed by atoms with Crippen LogP contribution in [-0.4, -0.2) is 25.7 Å². The first-order valence-corrected chi connectivity index (χ1v) is 4.78.